The molecule has 8 heteroatoms. The number of rotatable bonds is 3. The summed E-state index contributed by atoms with van der Waals surface area (Å²) in [6.07, 6.45) is 3.40. The summed E-state index contributed by atoms with van der Waals surface area (Å²) in [5, 5.41) is 22.4. The molecule has 4 aromatic rings. The zero-order valence-corrected chi connectivity index (χ0v) is 13.8. The van der Waals surface area contributed by atoms with Gasteiger partial charge in [-0.2, -0.15) is 4.39 Å². The van der Waals surface area contributed by atoms with Crippen LogP contribution in [0.25, 0.3) is 22.4 Å². The number of para-hydroxylation sites is 1. The van der Waals surface area contributed by atoms with Crippen molar-refractivity contribution in [1.29, 1.82) is 0 Å². The first-order valence-electron chi connectivity index (χ1n) is 7.96. The Labute approximate surface area is 152 Å². The standard InChI is InChI=1S/C19H14F2N4O2/c20-16-13(7-8-14(26)17(16)21)25-12-6-2-1-5-11(12)15(18(22)23-27)19(25)24-9-3-4-10-24/h1-10,26-27H,(H2,22,23). The van der Waals surface area contributed by atoms with Gasteiger partial charge < -0.3 is 20.6 Å². The Morgan fingerprint density at radius 2 is 1.67 bits per heavy atom. The molecule has 27 heavy (non-hydrogen) atoms. The second-order valence-electron chi connectivity index (χ2n) is 5.86. The number of amidine groups is 1. The number of phenols is 1. The van der Waals surface area contributed by atoms with Crippen LogP contribution in [-0.2, 0) is 0 Å². The van der Waals surface area contributed by atoms with Gasteiger partial charge in [0.2, 0.25) is 5.82 Å². The Morgan fingerprint density at radius 1 is 0.963 bits per heavy atom. The number of aromatic nitrogens is 2. The van der Waals surface area contributed by atoms with Crippen molar-refractivity contribution in [1.82, 2.24) is 9.13 Å². The number of fused-ring (bicyclic) bond motifs is 1. The molecule has 0 atom stereocenters. The molecule has 0 amide bonds. The minimum absolute atomic E-state index is 0.123. The second-order valence-corrected chi connectivity index (χ2v) is 5.86. The third-order valence-corrected chi connectivity index (χ3v) is 4.35. The van der Waals surface area contributed by atoms with Gasteiger partial charge in [-0.05, 0) is 30.3 Å². The van der Waals surface area contributed by atoms with E-state index in [4.69, 9.17) is 5.73 Å². The first-order chi connectivity index (χ1) is 13.0. The van der Waals surface area contributed by atoms with Crippen molar-refractivity contribution in [3.63, 3.8) is 0 Å². The minimum atomic E-state index is -1.35. The molecule has 0 radical (unpaired) electrons. The fourth-order valence-corrected chi connectivity index (χ4v) is 3.19. The highest BCUT2D eigenvalue weighted by atomic mass is 19.2. The van der Waals surface area contributed by atoms with Crippen LogP contribution in [0.1, 0.15) is 5.56 Å². The lowest BCUT2D eigenvalue weighted by Crippen LogP contribution is -2.17. The molecule has 0 aliphatic heterocycles. The van der Waals surface area contributed by atoms with Gasteiger partial charge in [-0.1, -0.05) is 23.4 Å². The largest absolute Gasteiger partial charge is 0.505 e. The van der Waals surface area contributed by atoms with E-state index in [9.17, 15) is 19.1 Å². The lowest BCUT2D eigenvalue weighted by molar-refractivity contribution is 0.318. The van der Waals surface area contributed by atoms with Crippen LogP contribution in [0.5, 0.6) is 5.75 Å². The van der Waals surface area contributed by atoms with Gasteiger partial charge in [0.05, 0.1) is 16.8 Å². The third-order valence-electron chi connectivity index (χ3n) is 4.35. The van der Waals surface area contributed by atoms with E-state index in [1.807, 2.05) is 0 Å². The Balaban J connectivity index is 2.22. The van der Waals surface area contributed by atoms with Crippen LogP contribution in [0.3, 0.4) is 0 Å². The van der Waals surface area contributed by atoms with Crippen LogP contribution >= 0.6 is 0 Å². The molecule has 2 aromatic heterocycles. The van der Waals surface area contributed by atoms with Crippen LogP contribution in [0, 0.1) is 11.6 Å². The highest BCUT2D eigenvalue weighted by Gasteiger charge is 2.25. The van der Waals surface area contributed by atoms with E-state index in [1.54, 1.807) is 53.4 Å². The van der Waals surface area contributed by atoms with Gasteiger partial charge in [0.1, 0.15) is 5.82 Å². The molecule has 0 unspecified atom stereocenters. The molecule has 4 rings (SSSR count). The fourth-order valence-electron chi connectivity index (χ4n) is 3.19. The number of hydrogen-bond acceptors (Lipinski definition) is 3. The Morgan fingerprint density at radius 3 is 2.37 bits per heavy atom. The molecule has 2 heterocycles. The van der Waals surface area contributed by atoms with Gasteiger partial charge in [0, 0.05) is 17.8 Å². The summed E-state index contributed by atoms with van der Waals surface area (Å²) in [5.41, 5.74) is 6.67. The molecular weight excluding hydrogens is 354 g/mol. The zero-order valence-electron chi connectivity index (χ0n) is 13.8. The number of benzene rings is 2. The maximum atomic E-state index is 14.7. The molecule has 0 fully saturated rings. The van der Waals surface area contributed by atoms with E-state index >= 15 is 0 Å². The van der Waals surface area contributed by atoms with E-state index in [1.165, 1.54) is 10.6 Å². The molecule has 0 saturated heterocycles. The lowest BCUT2D eigenvalue weighted by atomic mass is 10.1. The van der Waals surface area contributed by atoms with E-state index in [0.29, 0.717) is 22.3 Å². The van der Waals surface area contributed by atoms with E-state index in [0.717, 1.165) is 6.07 Å². The van der Waals surface area contributed by atoms with Crippen molar-refractivity contribution in [2.75, 3.05) is 0 Å². The second kappa shape index (κ2) is 6.17. The summed E-state index contributed by atoms with van der Waals surface area (Å²) in [7, 11) is 0. The fraction of sp³-hybridized carbons (Fsp3) is 0. The van der Waals surface area contributed by atoms with Crippen LogP contribution in [0.4, 0.5) is 8.78 Å². The predicted molar refractivity (Wildman–Crippen MR) is 96.7 cm³/mol. The SMILES string of the molecule is N/C(=N\O)c1c(-n2cccc2)n(-c2ccc(O)c(F)c2F)c2ccccc12. The first kappa shape index (κ1) is 16.6. The van der Waals surface area contributed by atoms with Crippen molar-refractivity contribution in [3.05, 3.63) is 78.1 Å². The van der Waals surface area contributed by atoms with Gasteiger partial charge in [0.25, 0.3) is 0 Å². The van der Waals surface area contributed by atoms with E-state index in [2.05, 4.69) is 5.16 Å². The van der Waals surface area contributed by atoms with Crippen LogP contribution < -0.4 is 5.73 Å². The Hall–Kier alpha value is -3.81. The number of nitrogens with two attached hydrogens (primary N) is 1. The lowest BCUT2D eigenvalue weighted by Gasteiger charge is -2.14. The third kappa shape index (κ3) is 2.42. The highest BCUT2D eigenvalue weighted by molar-refractivity contribution is 6.12. The van der Waals surface area contributed by atoms with Gasteiger partial charge in [0.15, 0.2) is 17.4 Å². The number of phenolic OH excluding ortho intramolecular Hbond substituents is 1. The van der Waals surface area contributed by atoms with Crippen LogP contribution in [0.15, 0.2) is 66.1 Å². The van der Waals surface area contributed by atoms with Crippen LogP contribution in [0.2, 0.25) is 0 Å². The molecule has 0 spiro atoms. The molecule has 6 nitrogen and oxygen atoms in total. The van der Waals surface area contributed by atoms with Crippen molar-refractivity contribution >= 4 is 16.7 Å². The zero-order chi connectivity index (χ0) is 19.1. The molecule has 136 valence electrons. The van der Waals surface area contributed by atoms with E-state index in [-0.39, 0.29) is 11.5 Å². The molecule has 0 aliphatic rings. The molecule has 2 aromatic carbocycles. The Kier molecular flexibility index (Phi) is 3.80. The van der Waals surface area contributed by atoms with Crippen LogP contribution in [-0.4, -0.2) is 25.3 Å². The van der Waals surface area contributed by atoms with Gasteiger partial charge in [-0.25, -0.2) is 4.39 Å². The smallest absolute Gasteiger partial charge is 0.202 e. The van der Waals surface area contributed by atoms with Crippen molar-refractivity contribution in [2.45, 2.75) is 0 Å². The molecule has 0 saturated carbocycles. The maximum absolute atomic E-state index is 14.7. The highest BCUT2D eigenvalue weighted by Crippen LogP contribution is 2.35. The summed E-state index contributed by atoms with van der Waals surface area (Å²) in [6, 6.07) is 12.8. The summed E-state index contributed by atoms with van der Waals surface area (Å²) < 4.78 is 31.9. The van der Waals surface area contributed by atoms with Gasteiger partial charge in [-0.3, -0.25) is 4.57 Å². The van der Waals surface area contributed by atoms with Crippen molar-refractivity contribution in [2.24, 2.45) is 10.9 Å². The monoisotopic (exact) mass is 368 g/mol. The quantitative estimate of drug-likeness (QED) is 0.224. The summed E-state index contributed by atoms with van der Waals surface area (Å²) in [4.78, 5) is 0. The average molecular weight is 368 g/mol. The summed E-state index contributed by atoms with van der Waals surface area (Å²) >= 11 is 0. The van der Waals surface area contributed by atoms with Gasteiger partial charge in [-0.15, -0.1) is 0 Å². The topological polar surface area (TPSA) is 88.7 Å². The minimum Gasteiger partial charge on any atom is -0.505 e. The summed E-state index contributed by atoms with van der Waals surface area (Å²) in [6.45, 7) is 0. The molecule has 0 bridgehead atoms. The van der Waals surface area contributed by atoms with Crippen molar-refractivity contribution in [3.8, 4) is 17.3 Å². The average Bonchev–Trinajstić information content (AvgIpc) is 3.31. The predicted octanol–water partition coefficient (Wildman–Crippen LogP) is 3.50. The summed E-state index contributed by atoms with van der Waals surface area (Å²) in [5.74, 6) is -3.16. The number of nitrogens with zero attached hydrogens (tertiary/aromatic N) is 3. The molecule has 0 aliphatic carbocycles. The Bertz CT molecular complexity index is 1180. The molecule has 4 N–H and O–H groups in total. The maximum Gasteiger partial charge on any atom is 0.202 e. The first-order valence-corrected chi connectivity index (χ1v) is 7.96. The van der Waals surface area contributed by atoms with Gasteiger partial charge >= 0.3 is 0 Å². The number of oxime groups is 1. The van der Waals surface area contributed by atoms with E-state index < -0.39 is 17.4 Å². The number of hydrogen-bond donors (Lipinski definition) is 3. The number of halogens is 2. The molecular formula is C19H14F2N4O2. The number of aromatic hydroxyl groups is 1. The van der Waals surface area contributed by atoms with Crippen molar-refractivity contribution < 1.29 is 19.1 Å². The normalized spacial score (nSPS) is 12.0.